The van der Waals surface area contributed by atoms with Gasteiger partial charge in [0.2, 0.25) is 0 Å². The molecule has 2 nitrogen and oxygen atoms in total. The second-order valence-electron chi connectivity index (χ2n) is 4.44. The van der Waals surface area contributed by atoms with Crippen LogP contribution in [0.3, 0.4) is 0 Å². The van der Waals surface area contributed by atoms with Gasteiger partial charge in [0.05, 0.1) is 0 Å². The molecule has 0 amide bonds. The predicted octanol–water partition coefficient (Wildman–Crippen LogP) is 2.25. The van der Waals surface area contributed by atoms with Crippen LogP contribution < -0.4 is 5.32 Å². The summed E-state index contributed by atoms with van der Waals surface area (Å²) >= 11 is 0. The topological polar surface area (TPSA) is 24.4 Å². The van der Waals surface area contributed by atoms with Crippen molar-refractivity contribution in [3.8, 4) is 0 Å². The number of nitrogens with zero attached hydrogens (tertiary/aromatic N) is 1. The first-order chi connectivity index (χ1) is 6.95. The standard InChI is InChI=1S/C12H16N2/c1-2-6-11-9(4-1)10-5-3-7-13-8-12(10)14-11/h2,6-11,14H,1,3-5H2. The molecule has 0 aromatic heterocycles. The zero-order valence-corrected chi connectivity index (χ0v) is 8.32. The number of allylic oxidation sites excluding steroid dienone is 2. The number of hydrogen-bond acceptors (Lipinski definition) is 2. The van der Waals surface area contributed by atoms with E-state index in [0.717, 1.165) is 18.3 Å². The van der Waals surface area contributed by atoms with Gasteiger partial charge in [-0.3, -0.25) is 4.99 Å². The van der Waals surface area contributed by atoms with Crippen molar-refractivity contribution in [3.05, 3.63) is 24.0 Å². The molecular weight excluding hydrogens is 172 g/mol. The molecule has 0 bridgehead atoms. The first-order valence-electron chi connectivity index (χ1n) is 5.60. The van der Waals surface area contributed by atoms with Crippen LogP contribution in [0.15, 0.2) is 29.0 Å². The van der Waals surface area contributed by atoms with E-state index >= 15 is 0 Å². The fraction of sp³-hybridized carbons (Fsp3) is 0.583. The molecule has 14 heavy (non-hydrogen) atoms. The summed E-state index contributed by atoms with van der Waals surface area (Å²) in [4.78, 5) is 4.30. The van der Waals surface area contributed by atoms with Gasteiger partial charge in [-0.05, 0) is 31.6 Å². The van der Waals surface area contributed by atoms with E-state index < -0.39 is 0 Å². The van der Waals surface area contributed by atoms with Gasteiger partial charge in [0.15, 0.2) is 0 Å². The molecule has 74 valence electrons. The molecule has 0 aromatic rings. The third-order valence-electron chi connectivity index (χ3n) is 3.65. The van der Waals surface area contributed by atoms with Crippen molar-refractivity contribution in [2.45, 2.75) is 31.7 Å². The Bertz CT molecular complexity index is 314. The minimum absolute atomic E-state index is 0.591. The Morgan fingerprint density at radius 2 is 2.29 bits per heavy atom. The molecule has 3 unspecified atom stereocenters. The Morgan fingerprint density at radius 1 is 1.29 bits per heavy atom. The minimum atomic E-state index is 0.591. The van der Waals surface area contributed by atoms with Crippen molar-refractivity contribution >= 4 is 6.21 Å². The summed E-state index contributed by atoms with van der Waals surface area (Å²) in [6.07, 6.45) is 13.7. The maximum absolute atomic E-state index is 4.30. The van der Waals surface area contributed by atoms with Crippen molar-refractivity contribution in [2.75, 3.05) is 0 Å². The minimum Gasteiger partial charge on any atom is -0.380 e. The van der Waals surface area contributed by atoms with E-state index in [4.69, 9.17) is 0 Å². The van der Waals surface area contributed by atoms with E-state index in [1.54, 1.807) is 0 Å². The average molecular weight is 188 g/mol. The lowest BCUT2D eigenvalue weighted by Gasteiger charge is -2.23. The highest BCUT2D eigenvalue weighted by Crippen LogP contribution is 2.39. The molecule has 1 fully saturated rings. The SMILES string of the molecule is C1=CC2NC3=CN=CCCC3C2CC1. The van der Waals surface area contributed by atoms with E-state index in [1.807, 2.05) is 12.4 Å². The van der Waals surface area contributed by atoms with E-state index in [-0.39, 0.29) is 0 Å². The largest absolute Gasteiger partial charge is 0.380 e. The van der Waals surface area contributed by atoms with Gasteiger partial charge in [-0.15, -0.1) is 0 Å². The zero-order chi connectivity index (χ0) is 9.38. The van der Waals surface area contributed by atoms with Crippen LogP contribution in [-0.2, 0) is 0 Å². The third-order valence-corrected chi connectivity index (χ3v) is 3.65. The number of aliphatic imine (C=N–C) groups is 1. The first kappa shape index (κ1) is 8.27. The van der Waals surface area contributed by atoms with Crippen LogP contribution in [0.5, 0.6) is 0 Å². The lowest BCUT2D eigenvalue weighted by Crippen LogP contribution is -2.26. The quantitative estimate of drug-likeness (QED) is 0.579. The van der Waals surface area contributed by atoms with Gasteiger partial charge in [0, 0.05) is 30.1 Å². The summed E-state index contributed by atoms with van der Waals surface area (Å²) in [5.41, 5.74) is 1.38. The lowest BCUT2D eigenvalue weighted by atomic mass is 9.80. The number of fused-ring (bicyclic) bond motifs is 3. The van der Waals surface area contributed by atoms with E-state index in [1.165, 1.54) is 25.0 Å². The summed E-state index contributed by atoms with van der Waals surface area (Å²) in [7, 11) is 0. The smallest absolute Gasteiger partial charge is 0.0476 e. The Morgan fingerprint density at radius 3 is 3.29 bits per heavy atom. The summed E-state index contributed by atoms with van der Waals surface area (Å²) in [6, 6.07) is 0.591. The molecule has 0 spiro atoms. The molecule has 3 aliphatic rings. The summed E-state index contributed by atoms with van der Waals surface area (Å²) in [6.45, 7) is 0. The third kappa shape index (κ3) is 1.21. The highest BCUT2D eigenvalue weighted by Gasteiger charge is 2.38. The van der Waals surface area contributed by atoms with Crippen molar-refractivity contribution < 1.29 is 0 Å². The Hall–Kier alpha value is -1.05. The molecule has 0 radical (unpaired) electrons. The number of nitrogens with one attached hydrogen (secondary N) is 1. The molecular formula is C12H16N2. The fourth-order valence-corrected chi connectivity index (χ4v) is 2.95. The molecule has 2 aliphatic heterocycles. The van der Waals surface area contributed by atoms with E-state index in [2.05, 4.69) is 22.5 Å². The van der Waals surface area contributed by atoms with Crippen molar-refractivity contribution in [2.24, 2.45) is 16.8 Å². The Labute approximate surface area is 84.8 Å². The fourth-order valence-electron chi connectivity index (χ4n) is 2.95. The van der Waals surface area contributed by atoms with Crippen LogP contribution in [0, 0.1) is 11.8 Å². The maximum atomic E-state index is 4.30. The lowest BCUT2D eigenvalue weighted by molar-refractivity contribution is 0.357. The first-order valence-corrected chi connectivity index (χ1v) is 5.60. The van der Waals surface area contributed by atoms with Gasteiger partial charge in [-0.1, -0.05) is 12.2 Å². The molecule has 1 saturated heterocycles. The van der Waals surface area contributed by atoms with Crippen LogP contribution in [0.2, 0.25) is 0 Å². The van der Waals surface area contributed by atoms with Crippen LogP contribution in [0.1, 0.15) is 25.7 Å². The Balaban J connectivity index is 1.91. The van der Waals surface area contributed by atoms with Gasteiger partial charge in [-0.25, -0.2) is 0 Å². The van der Waals surface area contributed by atoms with Crippen LogP contribution in [0.25, 0.3) is 0 Å². The normalized spacial score (nSPS) is 39.4. The zero-order valence-electron chi connectivity index (χ0n) is 8.32. The molecule has 2 heterocycles. The van der Waals surface area contributed by atoms with Crippen molar-refractivity contribution in [1.82, 2.24) is 5.32 Å². The van der Waals surface area contributed by atoms with E-state index in [0.29, 0.717) is 6.04 Å². The number of rotatable bonds is 0. The van der Waals surface area contributed by atoms with Gasteiger partial charge in [0.1, 0.15) is 0 Å². The maximum Gasteiger partial charge on any atom is 0.0476 e. The second-order valence-corrected chi connectivity index (χ2v) is 4.44. The van der Waals surface area contributed by atoms with Crippen LogP contribution in [0.4, 0.5) is 0 Å². The molecule has 0 aromatic carbocycles. The number of hydrogen-bond donors (Lipinski definition) is 1. The molecule has 1 aliphatic carbocycles. The molecule has 2 heteroatoms. The highest BCUT2D eigenvalue weighted by atomic mass is 15.0. The summed E-state index contributed by atoms with van der Waals surface area (Å²) in [5.74, 6) is 1.57. The average Bonchev–Trinajstić information content (AvgIpc) is 2.42. The van der Waals surface area contributed by atoms with Crippen LogP contribution in [-0.4, -0.2) is 12.3 Å². The molecule has 1 N–H and O–H groups in total. The second kappa shape index (κ2) is 3.26. The van der Waals surface area contributed by atoms with Crippen molar-refractivity contribution in [1.29, 1.82) is 0 Å². The monoisotopic (exact) mass is 188 g/mol. The van der Waals surface area contributed by atoms with Crippen LogP contribution >= 0.6 is 0 Å². The van der Waals surface area contributed by atoms with E-state index in [9.17, 15) is 0 Å². The molecule has 0 saturated carbocycles. The van der Waals surface area contributed by atoms with Crippen molar-refractivity contribution in [3.63, 3.8) is 0 Å². The Kier molecular flexibility index (Phi) is 1.93. The summed E-state index contributed by atoms with van der Waals surface area (Å²) < 4.78 is 0. The molecule has 3 atom stereocenters. The van der Waals surface area contributed by atoms with Gasteiger partial charge < -0.3 is 5.32 Å². The van der Waals surface area contributed by atoms with Gasteiger partial charge in [-0.2, -0.15) is 0 Å². The highest BCUT2D eigenvalue weighted by molar-refractivity contribution is 5.59. The predicted molar refractivity (Wildman–Crippen MR) is 58.1 cm³/mol. The molecule has 3 rings (SSSR count). The van der Waals surface area contributed by atoms with Gasteiger partial charge in [0.25, 0.3) is 0 Å². The summed E-state index contributed by atoms with van der Waals surface area (Å²) in [5, 5.41) is 3.60. The van der Waals surface area contributed by atoms with Gasteiger partial charge >= 0.3 is 0 Å².